The molecule has 1 aliphatic rings. The predicted octanol–water partition coefficient (Wildman–Crippen LogP) is 2.73. The van der Waals surface area contributed by atoms with Gasteiger partial charge >= 0.3 is 0 Å². The van der Waals surface area contributed by atoms with Crippen LogP contribution in [0.25, 0.3) is 0 Å². The molecule has 0 aromatic heterocycles. The monoisotopic (exact) mass is 351 g/mol. The van der Waals surface area contributed by atoms with E-state index in [2.05, 4.69) is 51.8 Å². The Morgan fingerprint density at radius 2 is 2.12 bits per heavy atom. The molecule has 4 heteroatoms. The third kappa shape index (κ3) is 3.58. The second-order valence-electron chi connectivity index (χ2n) is 4.01. The molecule has 0 aliphatic carbocycles. The normalized spacial score (nSPS) is 22.2. The molecule has 2 rings (SSSR count). The third-order valence-electron chi connectivity index (χ3n) is 2.71. The number of halogens is 2. The van der Waals surface area contributed by atoms with Gasteiger partial charge in [-0.3, -0.25) is 4.90 Å². The second kappa shape index (κ2) is 6.19. The summed E-state index contributed by atoms with van der Waals surface area (Å²) in [6, 6.07) is 8.67. The molecule has 1 aromatic carbocycles. The summed E-state index contributed by atoms with van der Waals surface area (Å²) in [5, 5.41) is 0. The number of rotatable bonds is 3. The van der Waals surface area contributed by atoms with Gasteiger partial charge in [-0.15, -0.1) is 11.6 Å². The van der Waals surface area contributed by atoms with Gasteiger partial charge in [-0.05, 0) is 40.3 Å². The van der Waals surface area contributed by atoms with Crippen LogP contribution in [0.3, 0.4) is 0 Å². The third-order valence-corrected chi connectivity index (χ3v) is 3.78. The van der Waals surface area contributed by atoms with Gasteiger partial charge in [0.1, 0.15) is 0 Å². The van der Waals surface area contributed by atoms with E-state index in [1.165, 1.54) is 9.13 Å². The molecule has 1 saturated heterocycles. The lowest BCUT2D eigenvalue weighted by molar-refractivity contribution is -0.0194. The van der Waals surface area contributed by atoms with Crippen LogP contribution in [0.2, 0.25) is 0 Å². The highest BCUT2D eigenvalue weighted by Gasteiger charge is 2.19. The van der Waals surface area contributed by atoms with Crippen molar-refractivity contribution >= 4 is 34.2 Å². The summed E-state index contributed by atoms with van der Waals surface area (Å²) < 4.78 is 6.82. The van der Waals surface area contributed by atoms with E-state index >= 15 is 0 Å². The van der Waals surface area contributed by atoms with Crippen LogP contribution < -0.4 is 0 Å². The van der Waals surface area contributed by atoms with Gasteiger partial charge in [0.15, 0.2) is 0 Å². The largest absolute Gasteiger partial charge is 0.374 e. The first kappa shape index (κ1) is 12.6. The minimum absolute atomic E-state index is 0.194. The Kier molecular flexibility index (Phi) is 4.88. The number of alkyl halides is 1. The van der Waals surface area contributed by atoms with Crippen LogP contribution >= 0.6 is 34.2 Å². The Bertz CT molecular complexity index is 330. The van der Waals surface area contributed by atoms with Gasteiger partial charge in [-0.2, -0.15) is 0 Å². The molecular formula is C12H15ClINO. The van der Waals surface area contributed by atoms with Gasteiger partial charge in [-0.1, -0.05) is 12.1 Å². The van der Waals surface area contributed by atoms with Crippen LogP contribution in [0.1, 0.15) is 5.56 Å². The number of nitrogens with zero attached hydrogens (tertiary/aromatic N) is 1. The van der Waals surface area contributed by atoms with Crippen molar-refractivity contribution in [1.29, 1.82) is 0 Å². The average molecular weight is 352 g/mol. The number of benzene rings is 1. The molecule has 2 nitrogen and oxygen atoms in total. The van der Waals surface area contributed by atoms with E-state index in [4.69, 9.17) is 16.3 Å². The van der Waals surface area contributed by atoms with Gasteiger partial charge in [-0.25, -0.2) is 0 Å². The van der Waals surface area contributed by atoms with Crippen LogP contribution in [0.5, 0.6) is 0 Å². The van der Waals surface area contributed by atoms with E-state index in [-0.39, 0.29) is 6.10 Å². The van der Waals surface area contributed by atoms with Crippen LogP contribution in [0, 0.1) is 3.57 Å². The Morgan fingerprint density at radius 3 is 2.81 bits per heavy atom. The van der Waals surface area contributed by atoms with Crippen molar-refractivity contribution in [1.82, 2.24) is 4.90 Å². The minimum Gasteiger partial charge on any atom is -0.374 e. The topological polar surface area (TPSA) is 12.5 Å². The van der Waals surface area contributed by atoms with E-state index in [0.717, 1.165) is 26.2 Å². The zero-order chi connectivity index (χ0) is 11.4. The van der Waals surface area contributed by atoms with Crippen molar-refractivity contribution in [2.24, 2.45) is 0 Å². The highest BCUT2D eigenvalue weighted by atomic mass is 127. The maximum Gasteiger partial charge on any atom is 0.0837 e. The highest BCUT2D eigenvalue weighted by Crippen LogP contribution is 2.13. The maximum atomic E-state index is 5.82. The molecule has 1 aliphatic heterocycles. The summed E-state index contributed by atoms with van der Waals surface area (Å²) in [5.74, 6) is 0.586. The lowest BCUT2D eigenvalue weighted by Gasteiger charge is -2.31. The molecular weight excluding hydrogens is 336 g/mol. The zero-order valence-corrected chi connectivity index (χ0v) is 11.9. The van der Waals surface area contributed by atoms with Crippen LogP contribution in [-0.4, -0.2) is 36.6 Å². The molecule has 1 fully saturated rings. The lowest BCUT2D eigenvalue weighted by atomic mass is 10.2. The Balaban J connectivity index is 1.91. The van der Waals surface area contributed by atoms with Crippen molar-refractivity contribution in [2.45, 2.75) is 12.6 Å². The number of hydrogen-bond acceptors (Lipinski definition) is 2. The fourth-order valence-electron chi connectivity index (χ4n) is 1.87. The van der Waals surface area contributed by atoms with E-state index in [1.54, 1.807) is 0 Å². The van der Waals surface area contributed by atoms with Gasteiger partial charge < -0.3 is 4.74 Å². The summed E-state index contributed by atoms with van der Waals surface area (Å²) >= 11 is 8.14. The molecule has 0 saturated carbocycles. The summed E-state index contributed by atoms with van der Waals surface area (Å²) in [6.07, 6.45) is 0.194. The molecule has 0 spiro atoms. The van der Waals surface area contributed by atoms with Crippen molar-refractivity contribution in [3.05, 3.63) is 33.4 Å². The first-order valence-electron chi connectivity index (χ1n) is 5.42. The van der Waals surface area contributed by atoms with Crippen LogP contribution in [-0.2, 0) is 11.3 Å². The Hall–Kier alpha value is 0.160. The predicted molar refractivity (Wildman–Crippen MR) is 74.9 cm³/mol. The SMILES string of the molecule is ClCC1CN(Cc2ccc(I)cc2)CCO1. The molecule has 0 amide bonds. The summed E-state index contributed by atoms with van der Waals surface area (Å²) in [4.78, 5) is 2.40. The zero-order valence-electron chi connectivity index (χ0n) is 9.03. The lowest BCUT2D eigenvalue weighted by Crippen LogP contribution is -2.42. The molecule has 1 aromatic rings. The molecule has 1 atom stereocenters. The van der Waals surface area contributed by atoms with Crippen molar-refractivity contribution < 1.29 is 4.74 Å². The van der Waals surface area contributed by atoms with Crippen LogP contribution in [0.4, 0.5) is 0 Å². The summed E-state index contributed by atoms with van der Waals surface area (Å²) in [7, 11) is 0. The highest BCUT2D eigenvalue weighted by molar-refractivity contribution is 14.1. The van der Waals surface area contributed by atoms with Crippen molar-refractivity contribution in [3.63, 3.8) is 0 Å². The first-order valence-corrected chi connectivity index (χ1v) is 7.03. The standard InChI is InChI=1S/C12H15ClINO/c13-7-12-9-15(5-6-16-12)8-10-1-3-11(14)4-2-10/h1-4,12H,5-9H2. The molecule has 0 radical (unpaired) electrons. The molecule has 1 unspecified atom stereocenters. The van der Waals surface area contributed by atoms with Gasteiger partial charge in [0.25, 0.3) is 0 Å². The summed E-state index contributed by atoms with van der Waals surface area (Å²) in [6.45, 7) is 3.73. The fourth-order valence-corrected chi connectivity index (χ4v) is 2.41. The smallest absolute Gasteiger partial charge is 0.0837 e. The van der Waals surface area contributed by atoms with E-state index in [1.807, 2.05) is 0 Å². The van der Waals surface area contributed by atoms with E-state index in [9.17, 15) is 0 Å². The number of morpholine rings is 1. The van der Waals surface area contributed by atoms with Crippen molar-refractivity contribution in [2.75, 3.05) is 25.6 Å². The molecule has 1 heterocycles. The summed E-state index contributed by atoms with van der Waals surface area (Å²) in [5.41, 5.74) is 1.36. The quantitative estimate of drug-likeness (QED) is 0.613. The van der Waals surface area contributed by atoms with E-state index < -0.39 is 0 Å². The van der Waals surface area contributed by atoms with Crippen molar-refractivity contribution in [3.8, 4) is 0 Å². The molecule has 0 bridgehead atoms. The number of hydrogen-bond donors (Lipinski definition) is 0. The Morgan fingerprint density at radius 1 is 1.38 bits per heavy atom. The molecule has 88 valence electrons. The minimum atomic E-state index is 0.194. The molecule has 0 N–H and O–H groups in total. The average Bonchev–Trinajstić information content (AvgIpc) is 2.32. The molecule has 16 heavy (non-hydrogen) atoms. The van der Waals surface area contributed by atoms with Gasteiger partial charge in [0, 0.05) is 29.1 Å². The number of ether oxygens (including phenoxy) is 1. The second-order valence-corrected chi connectivity index (χ2v) is 5.56. The fraction of sp³-hybridized carbons (Fsp3) is 0.500. The Labute approximate surface area is 115 Å². The van der Waals surface area contributed by atoms with Gasteiger partial charge in [0.05, 0.1) is 12.7 Å². The first-order chi connectivity index (χ1) is 7.78. The van der Waals surface area contributed by atoms with Crippen LogP contribution in [0.15, 0.2) is 24.3 Å². The van der Waals surface area contributed by atoms with Gasteiger partial charge in [0.2, 0.25) is 0 Å². The van der Waals surface area contributed by atoms with E-state index in [0.29, 0.717) is 5.88 Å². The maximum absolute atomic E-state index is 5.82.